The Morgan fingerprint density at radius 1 is 1.13 bits per heavy atom. The van der Waals surface area contributed by atoms with Crippen LogP contribution in [0.3, 0.4) is 0 Å². The highest BCUT2D eigenvalue weighted by Gasteiger charge is 2.58. The third-order valence-corrected chi connectivity index (χ3v) is 7.28. The first kappa shape index (κ1) is 21.9. The minimum atomic E-state index is -1.56. The summed E-state index contributed by atoms with van der Waals surface area (Å²) < 4.78 is 17.3. The molecule has 9 nitrogen and oxygen atoms in total. The van der Waals surface area contributed by atoms with Crippen LogP contribution in [0.4, 0.5) is 0 Å². The van der Waals surface area contributed by atoms with Crippen molar-refractivity contribution in [2.45, 2.75) is 68.8 Å². The van der Waals surface area contributed by atoms with Crippen LogP contribution in [0.25, 0.3) is 0 Å². The Hall–Kier alpha value is -1.33. The van der Waals surface area contributed by atoms with E-state index in [9.17, 15) is 30.3 Å². The van der Waals surface area contributed by atoms with Gasteiger partial charge >= 0.3 is 5.97 Å². The molecule has 4 rings (SSSR count). The molecule has 5 N–H and O–H groups in total. The van der Waals surface area contributed by atoms with Gasteiger partial charge in [-0.25, -0.2) is 0 Å². The van der Waals surface area contributed by atoms with Crippen LogP contribution in [-0.4, -0.2) is 87.1 Å². The van der Waals surface area contributed by atoms with Crippen molar-refractivity contribution < 1.29 is 44.5 Å². The van der Waals surface area contributed by atoms with Gasteiger partial charge in [-0.3, -0.25) is 4.79 Å². The normalized spacial score (nSPS) is 51.3. The summed E-state index contributed by atoms with van der Waals surface area (Å²) in [6.45, 7) is 9.38. The van der Waals surface area contributed by atoms with Crippen molar-refractivity contribution >= 4 is 5.97 Å². The average Bonchev–Trinajstić information content (AvgIpc) is 3.13. The molecule has 30 heavy (non-hydrogen) atoms. The maximum absolute atomic E-state index is 12.4. The maximum Gasteiger partial charge on any atom is 0.309 e. The van der Waals surface area contributed by atoms with Gasteiger partial charge in [0.2, 0.25) is 0 Å². The van der Waals surface area contributed by atoms with Crippen molar-refractivity contribution in [3.05, 3.63) is 24.3 Å². The molecule has 168 valence electrons. The first-order valence-electron chi connectivity index (χ1n) is 10.4. The van der Waals surface area contributed by atoms with E-state index in [-0.39, 0.29) is 17.8 Å². The molecule has 0 radical (unpaired) electrons. The molecule has 2 saturated carbocycles. The van der Waals surface area contributed by atoms with Crippen LogP contribution in [0.15, 0.2) is 24.3 Å². The Balaban J connectivity index is 1.62. The van der Waals surface area contributed by atoms with Gasteiger partial charge in [0.1, 0.15) is 30.5 Å². The number of fused-ring (bicyclic) bond motifs is 3. The molecular formula is C21H30O9. The van der Waals surface area contributed by atoms with Crippen LogP contribution < -0.4 is 0 Å². The summed E-state index contributed by atoms with van der Waals surface area (Å²) >= 11 is 0. The second-order valence-electron chi connectivity index (χ2n) is 8.96. The standard InChI is InChI=1S/C21H30O9/c1-7-4-12(28-21-18(26)17(25)16(24)13(6-22)29-21)15-9(3)20(27)30-19(15)14-8(2)11(23)5-10(7)14/h9-19,21-26H,1-2,4-6H2,3H3/t9-,10-,11+,12-,13+,14-,15?,16+,17-,18+,19+,21+/m0/s1. The number of esters is 1. The maximum atomic E-state index is 12.4. The third-order valence-electron chi connectivity index (χ3n) is 7.28. The van der Waals surface area contributed by atoms with Crippen LogP contribution in [0.2, 0.25) is 0 Å². The lowest BCUT2D eigenvalue weighted by molar-refractivity contribution is -0.316. The lowest BCUT2D eigenvalue weighted by Crippen LogP contribution is -2.60. The summed E-state index contributed by atoms with van der Waals surface area (Å²) in [5, 5.41) is 50.2. The van der Waals surface area contributed by atoms with E-state index in [1.54, 1.807) is 6.92 Å². The van der Waals surface area contributed by atoms with Crippen molar-refractivity contribution in [1.29, 1.82) is 0 Å². The largest absolute Gasteiger partial charge is 0.461 e. The molecule has 2 heterocycles. The van der Waals surface area contributed by atoms with Gasteiger partial charge in [-0.1, -0.05) is 25.7 Å². The number of aliphatic hydroxyl groups excluding tert-OH is 5. The quantitative estimate of drug-likeness (QED) is 0.279. The van der Waals surface area contributed by atoms with Crippen LogP contribution in [0, 0.1) is 23.7 Å². The summed E-state index contributed by atoms with van der Waals surface area (Å²) in [5.41, 5.74) is 1.44. The highest BCUT2D eigenvalue weighted by molar-refractivity contribution is 5.75. The van der Waals surface area contributed by atoms with Crippen molar-refractivity contribution in [3.63, 3.8) is 0 Å². The predicted molar refractivity (Wildman–Crippen MR) is 102 cm³/mol. The van der Waals surface area contributed by atoms with E-state index in [2.05, 4.69) is 13.2 Å². The first-order chi connectivity index (χ1) is 14.1. The zero-order valence-electron chi connectivity index (χ0n) is 16.8. The molecule has 12 atom stereocenters. The number of aliphatic hydroxyl groups is 5. The lowest BCUT2D eigenvalue weighted by Gasteiger charge is -2.42. The van der Waals surface area contributed by atoms with E-state index >= 15 is 0 Å². The Kier molecular flexibility index (Phi) is 5.82. The molecule has 2 aliphatic heterocycles. The number of hydrogen-bond donors (Lipinski definition) is 5. The molecule has 0 aromatic carbocycles. The number of carbonyl (C=O) groups excluding carboxylic acids is 1. The van der Waals surface area contributed by atoms with E-state index in [1.165, 1.54) is 0 Å². The Morgan fingerprint density at radius 3 is 2.50 bits per heavy atom. The Morgan fingerprint density at radius 2 is 1.83 bits per heavy atom. The van der Waals surface area contributed by atoms with E-state index < -0.39 is 67.5 Å². The number of ether oxygens (including phenoxy) is 3. The van der Waals surface area contributed by atoms with Gasteiger partial charge in [0.25, 0.3) is 0 Å². The fraction of sp³-hybridized carbons (Fsp3) is 0.762. The summed E-state index contributed by atoms with van der Waals surface area (Å²) in [6.07, 6.45) is -8.06. The summed E-state index contributed by atoms with van der Waals surface area (Å²) in [6, 6.07) is 0. The molecule has 0 amide bonds. The fourth-order valence-corrected chi connectivity index (χ4v) is 5.52. The molecule has 4 aliphatic rings. The Labute approximate surface area is 174 Å². The molecule has 2 saturated heterocycles. The smallest absolute Gasteiger partial charge is 0.309 e. The van der Waals surface area contributed by atoms with Gasteiger partial charge in [-0.05, 0) is 24.3 Å². The van der Waals surface area contributed by atoms with Gasteiger partial charge in [0.05, 0.1) is 24.7 Å². The number of hydrogen-bond acceptors (Lipinski definition) is 9. The predicted octanol–water partition coefficient (Wildman–Crippen LogP) is -1.14. The van der Waals surface area contributed by atoms with Crippen LogP contribution in [0.1, 0.15) is 19.8 Å². The van der Waals surface area contributed by atoms with E-state index in [1.807, 2.05) is 0 Å². The summed E-state index contributed by atoms with van der Waals surface area (Å²) in [4.78, 5) is 12.4. The van der Waals surface area contributed by atoms with Crippen molar-refractivity contribution in [2.75, 3.05) is 6.61 Å². The van der Waals surface area contributed by atoms with Gasteiger partial charge in [-0.15, -0.1) is 0 Å². The van der Waals surface area contributed by atoms with Crippen LogP contribution in [-0.2, 0) is 19.0 Å². The number of carbonyl (C=O) groups is 1. The molecule has 0 aromatic rings. The second kappa shape index (κ2) is 7.98. The van der Waals surface area contributed by atoms with Crippen molar-refractivity contribution in [3.8, 4) is 0 Å². The molecule has 2 aliphatic carbocycles. The molecule has 1 unspecified atom stereocenters. The molecule has 4 fully saturated rings. The highest BCUT2D eigenvalue weighted by Crippen LogP contribution is 2.53. The molecule has 0 aromatic heterocycles. The highest BCUT2D eigenvalue weighted by atomic mass is 16.7. The monoisotopic (exact) mass is 426 g/mol. The van der Waals surface area contributed by atoms with Gasteiger partial charge < -0.3 is 39.7 Å². The van der Waals surface area contributed by atoms with Gasteiger partial charge in [-0.2, -0.15) is 0 Å². The van der Waals surface area contributed by atoms with E-state index in [0.29, 0.717) is 18.4 Å². The van der Waals surface area contributed by atoms with Crippen LogP contribution in [0.5, 0.6) is 0 Å². The van der Waals surface area contributed by atoms with Crippen LogP contribution >= 0.6 is 0 Å². The zero-order chi connectivity index (χ0) is 21.9. The van der Waals surface area contributed by atoms with Crippen molar-refractivity contribution in [2.24, 2.45) is 23.7 Å². The molecular weight excluding hydrogens is 396 g/mol. The average molecular weight is 426 g/mol. The van der Waals surface area contributed by atoms with Crippen molar-refractivity contribution in [1.82, 2.24) is 0 Å². The zero-order valence-corrected chi connectivity index (χ0v) is 16.8. The lowest BCUT2D eigenvalue weighted by atomic mass is 9.79. The van der Waals surface area contributed by atoms with E-state index in [4.69, 9.17) is 14.2 Å². The van der Waals surface area contributed by atoms with E-state index in [0.717, 1.165) is 5.57 Å². The molecule has 9 heteroatoms. The first-order valence-corrected chi connectivity index (χ1v) is 10.4. The minimum Gasteiger partial charge on any atom is -0.461 e. The third kappa shape index (κ3) is 3.33. The molecule has 0 spiro atoms. The minimum absolute atomic E-state index is 0.110. The topological polar surface area (TPSA) is 146 Å². The Bertz CT molecular complexity index is 721. The SMILES string of the molecule is C=C1[C@H]2[C@@H](C[C@H]1O)C(=C)C[C@H](O[C@@H]1O[C@H](CO)[C@@H](O)[C@H](O)[C@H]1O)C1[C@H](C)C(=O)O[C@@H]12. The second-order valence-corrected chi connectivity index (χ2v) is 8.96. The summed E-state index contributed by atoms with van der Waals surface area (Å²) in [5.74, 6) is -1.65. The fourth-order valence-electron chi connectivity index (χ4n) is 5.52. The number of rotatable bonds is 3. The molecule has 0 bridgehead atoms. The summed E-state index contributed by atoms with van der Waals surface area (Å²) in [7, 11) is 0. The van der Waals surface area contributed by atoms with Gasteiger partial charge in [0.15, 0.2) is 6.29 Å². The van der Waals surface area contributed by atoms with Gasteiger partial charge in [0, 0.05) is 11.8 Å².